The molecule has 0 bridgehead atoms. The maximum absolute atomic E-state index is 12.1. The third-order valence-corrected chi connectivity index (χ3v) is 6.21. The van der Waals surface area contributed by atoms with E-state index in [0.717, 1.165) is 0 Å². The normalized spacial score (nSPS) is 20.7. The van der Waals surface area contributed by atoms with Crippen LogP contribution >= 0.6 is 0 Å². The van der Waals surface area contributed by atoms with E-state index in [2.05, 4.69) is 0 Å². The number of methoxy groups -OCH3 is 1. The van der Waals surface area contributed by atoms with E-state index in [1.165, 1.54) is 6.26 Å². The molecule has 0 aliphatic heterocycles. The minimum atomic E-state index is -3.00. The standard InChI is InChI=1S/C18H34O8S/c1-22-7-8-23-9-10-24-11-12-25-13-14-26-15-18(19)16-3-5-17(6-4-16)27(2,20)21/h16-17H,3-15H2,1-2H3. The largest absolute Gasteiger partial charge is 0.382 e. The molecule has 0 spiro atoms. The molecule has 8 nitrogen and oxygen atoms in total. The molecule has 0 radical (unpaired) electrons. The Balaban J connectivity index is 1.90. The lowest BCUT2D eigenvalue weighted by Crippen LogP contribution is -2.31. The van der Waals surface area contributed by atoms with Crippen molar-refractivity contribution in [3.8, 4) is 0 Å². The number of ketones is 1. The number of carbonyl (C=O) groups is 1. The predicted molar refractivity (Wildman–Crippen MR) is 101 cm³/mol. The summed E-state index contributed by atoms with van der Waals surface area (Å²) in [7, 11) is -1.37. The van der Waals surface area contributed by atoms with Crippen molar-refractivity contribution in [1.29, 1.82) is 0 Å². The summed E-state index contributed by atoms with van der Waals surface area (Å²) < 4.78 is 49.2. The Bertz CT molecular complexity index is 486. The average Bonchev–Trinajstić information content (AvgIpc) is 2.64. The van der Waals surface area contributed by atoms with Gasteiger partial charge in [-0.15, -0.1) is 0 Å². The molecule has 160 valence electrons. The van der Waals surface area contributed by atoms with Gasteiger partial charge in [-0.3, -0.25) is 4.79 Å². The summed E-state index contributed by atoms with van der Waals surface area (Å²) in [5.74, 6) is -0.0258. The van der Waals surface area contributed by atoms with Crippen LogP contribution in [0.1, 0.15) is 25.7 Å². The zero-order chi connectivity index (χ0) is 20.0. The zero-order valence-corrected chi connectivity index (χ0v) is 17.3. The minimum absolute atomic E-state index is 0.0544. The number of ether oxygens (including phenoxy) is 5. The van der Waals surface area contributed by atoms with Crippen molar-refractivity contribution in [2.45, 2.75) is 30.9 Å². The Morgan fingerprint density at radius 1 is 0.778 bits per heavy atom. The van der Waals surface area contributed by atoms with Crippen LogP contribution in [0, 0.1) is 5.92 Å². The number of hydrogen-bond donors (Lipinski definition) is 0. The molecule has 0 unspecified atom stereocenters. The SMILES string of the molecule is COCCOCCOCCOCCOCC(=O)C1CCC(S(C)(=O)=O)CC1. The summed E-state index contributed by atoms with van der Waals surface area (Å²) in [6, 6.07) is 0. The number of rotatable bonds is 16. The highest BCUT2D eigenvalue weighted by Gasteiger charge is 2.30. The van der Waals surface area contributed by atoms with Crippen molar-refractivity contribution in [2.75, 3.05) is 72.8 Å². The molecule has 0 heterocycles. The van der Waals surface area contributed by atoms with Crippen molar-refractivity contribution in [2.24, 2.45) is 5.92 Å². The van der Waals surface area contributed by atoms with Crippen LogP contribution in [-0.4, -0.2) is 92.3 Å². The molecule has 9 heteroatoms. The molecule has 0 aromatic heterocycles. The van der Waals surface area contributed by atoms with Crippen molar-refractivity contribution in [1.82, 2.24) is 0 Å². The van der Waals surface area contributed by atoms with E-state index in [1.807, 2.05) is 0 Å². The summed E-state index contributed by atoms with van der Waals surface area (Å²) in [4.78, 5) is 12.1. The third kappa shape index (κ3) is 11.8. The first-order valence-corrected chi connectivity index (χ1v) is 11.4. The molecule has 0 N–H and O–H groups in total. The van der Waals surface area contributed by atoms with Crippen molar-refractivity contribution < 1.29 is 36.9 Å². The van der Waals surface area contributed by atoms with E-state index < -0.39 is 9.84 Å². The Morgan fingerprint density at radius 2 is 1.22 bits per heavy atom. The number of carbonyl (C=O) groups excluding carboxylic acids is 1. The molecule has 1 fully saturated rings. The van der Waals surface area contributed by atoms with Gasteiger partial charge in [0.1, 0.15) is 16.4 Å². The highest BCUT2D eigenvalue weighted by Crippen LogP contribution is 2.28. The Kier molecular flexibility index (Phi) is 13.1. The van der Waals surface area contributed by atoms with Crippen LogP contribution < -0.4 is 0 Å². The van der Waals surface area contributed by atoms with Crippen molar-refractivity contribution >= 4 is 15.6 Å². The van der Waals surface area contributed by atoms with E-state index >= 15 is 0 Å². The maximum atomic E-state index is 12.1. The lowest BCUT2D eigenvalue weighted by molar-refractivity contribution is -0.129. The quantitative estimate of drug-likeness (QED) is 0.346. The van der Waals surface area contributed by atoms with Gasteiger partial charge in [-0.05, 0) is 25.7 Å². The summed E-state index contributed by atoms with van der Waals surface area (Å²) >= 11 is 0. The van der Waals surface area contributed by atoms with Gasteiger partial charge in [0.15, 0.2) is 5.78 Å². The fourth-order valence-corrected chi connectivity index (χ4v) is 4.03. The molecule has 0 aromatic rings. The predicted octanol–water partition coefficient (Wildman–Crippen LogP) is 0.872. The van der Waals surface area contributed by atoms with Gasteiger partial charge in [-0.25, -0.2) is 8.42 Å². The molecular weight excluding hydrogens is 376 g/mol. The third-order valence-electron chi connectivity index (χ3n) is 4.53. The highest BCUT2D eigenvalue weighted by molar-refractivity contribution is 7.91. The molecule has 1 aliphatic rings. The molecule has 0 amide bonds. The number of sulfone groups is 1. The van der Waals surface area contributed by atoms with E-state index in [4.69, 9.17) is 23.7 Å². The summed E-state index contributed by atoms with van der Waals surface area (Å²) in [5, 5.41) is -0.296. The number of Topliss-reactive ketones (excluding diaryl/α,β-unsaturated/α-hetero) is 1. The lowest BCUT2D eigenvalue weighted by atomic mass is 9.86. The van der Waals surface area contributed by atoms with E-state index in [0.29, 0.717) is 78.5 Å². The van der Waals surface area contributed by atoms with Gasteiger partial charge < -0.3 is 23.7 Å². The monoisotopic (exact) mass is 410 g/mol. The molecular formula is C18H34O8S. The van der Waals surface area contributed by atoms with Crippen LogP contribution in [0.15, 0.2) is 0 Å². The van der Waals surface area contributed by atoms with Crippen LogP contribution in [0.25, 0.3) is 0 Å². The second-order valence-electron chi connectivity index (χ2n) is 6.65. The first-order valence-electron chi connectivity index (χ1n) is 9.46. The number of hydrogen-bond acceptors (Lipinski definition) is 8. The lowest BCUT2D eigenvalue weighted by Gasteiger charge is -2.26. The van der Waals surface area contributed by atoms with Gasteiger partial charge in [-0.1, -0.05) is 0 Å². The summed E-state index contributed by atoms with van der Waals surface area (Å²) in [6.07, 6.45) is 3.65. The van der Waals surface area contributed by atoms with Crippen molar-refractivity contribution in [3.05, 3.63) is 0 Å². The summed E-state index contributed by atoms with van der Waals surface area (Å²) in [5.41, 5.74) is 0. The molecule has 1 aliphatic carbocycles. The second-order valence-corrected chi connectivity index (χ2v) is 8.98. The Labute approximate surface area is 162 Å². The first kappa shape index (κ1) is 24.5. The van der Waals surface area contributed by atoms with E-state index in [-0.39, 0.29) is 23.6 Å². The minimum Gasteiger partial charge on any atom is -0.382 e. The first-order chi connectivity index (χ1) is 12.9. The Hall–Kier alpha value is -0.580. The van der Waals surface area contributed by atoms with E-state index in [1.54, 1.807) is 7.11 Å². The van der Waals surface area contributed by atoms with Gasteiger partial charge in [-0.2, -0.15) is 0 Å². The Morgan fingerprint density at radius 3 is 1.67 bits per heavy atom. The fraction of sp³-hybridized carbons (Fsp3) is 0.944. The molecule has 0 atom stereocenters. The van der Waals surface area contributed by atoms with Crippen LogP contribution in [0.2, 0.25) is 0 Å². The van der Waals surface area contributed by atoms with E-state index in [9.17, 15) is 13.2 Å². The van der Waals surface area contributed by atoms with Gasteiger partial charge in [0.05, 0.1) is 58.1 Å². The van der Waals surface area contributed by atoms with Crippen LogP contribution in [0.5, 0.6) is 0 Å². The average molecular weight is 411 g/mol. The summed E-state index contributed by atoms with van der Waals surface area (Å²) in [6.45, 7) is 3.94. The van der Waals surface area contributed by atoms with Gasteiger partial charge >= 0.3 is 0 Å². The van der Waals surface area contributed by atoms with Gasteiger partial charge in [0.2, 0.25) is 0 Å². The second kappa shape index (κ2) is 14.4. The van der Waals surface area contributed by atoms with Crippen LogP contribution in [-0.2, 0) is 38.3 Å². The molecule has 0 aromatic carbocycles. The molecule has 27 heavy (non-hydrogen) atoms. The fourth-order valence-electron chi connectivity index (χ4n) is 2.91. The van der Waals surface area contributed by atoms with Gasteiger partial charge in [0.25, 0.3) is 0 Å². The molecule has 1 saturated carbocycles. The van der Waals surface area contributed by atoms with Crippen LogP contribution in [0.3, 0.4) is 0 Å². The zero-order valence-electron chi connectivity index (χ0n) is 16.5. The molecule has 1 rings (SSSR count). The molecule has 0 saturated heterocycles. The van der Waals surface area contributed by atoms with Gasteiger partial charge in [0, 0.05) is 19.3 Å². The highest BCUT2D eigenvalue weighted by atomic mass is 32.2. The maximum Gasteiger partial charge on any atom is 0.161 e. The van der Waals surface area contributed by atoms with Crippen LogP contribution in [0.4, 0.5) is 0 Å². The smallest absolute Gasteiger partial charge is 0.161 e. The van der Waals surface area contributed by atoms with Crippen molar-refractivity contribution in [3.63, 3.8) is 0 Å². The topological polar surface area (TPSA) is 97.4 Å².